The quantitative estimate of drug-likeness (QED) is 0.772. The van der Waals surface area contributed by atoms with Crippen LogP contribution in [0.3, 0.4) is 0 Å². The van der Waals surface area contributed by atoms with Crippen LogP contribution in [0, 0.1) is 0 Å². The van der Waals surface area contributed by atoms with Crippen LogP contribution in [0.25, 0.3) is 5.69 Å². The normalized spacial score (nSPS) is 14.8. The third-order valence-corrected chi connectivity index (χ3v) is 4.04. The number of aromatic nitrogens is 2. The van der Waals surface area contributed by atoms with E-state index in [1.165, 1.54) is 0 Å². The molecule has 7 heteroatoms. The molecule has 0 radical (unpaired) electrons. The molecule has 1 saturated heterocycles. The predicted molar refractivity (Wildman–Crippen MR) is 97.1 cm³/mol. The number of carbonyl (C=O) groups excluding carboxylic acids is 1. The van der Waals surface area contributed by atoms with Gasteiger partial charge < -0.3 is 15.5 Å². The Morgan fingerprint density at radius 2 is 1.96 bits per heavy atom. The Bertz CT molecular complexity index is 608. The van der Waals surface area contributed by atoms with E-state index < -0.39 is 0 Å². The molecule has 0 atom stereocenters. The molecular formula is C17H24ClN5O. The van der Waals surface area contributed by atoms with Crippen molar-refractivity contribution in [3.8, 4) is 5.69 Å². The first-order valence-electron chi connectivity index (χ1n) is 8.14. The van der Waals surface area contributed by atoms with Gasteiger partial charge in [0.2, 0.25) is 0 Å². The minimum Gasteiger partial charge on any atom is -0.352 e. The summed E-state index contributed by atoms with van der Waals surface area (Å²) < 4.78 is 1.77. The standard InChI is InChI=1S/C17H23N5O.ClH/c23-17(19-7-1-11-21-13-9-18-10-14-21)15-3-5-16(6-4-15)22-12-2-8-20-22;/h2-6,8,12,18H,1,7,9-11,13-14H2,(H,19,23);1H. The van der Waals surface area contributed by atoms with E-state index in [-0.39, 0.29) is 18.3 Å². The summed E-state index contributed by atoms with van der Waals surface area (Å²) >= 11 is 0. The first kappa shape index (κ1) is 18.4. The van der Waals surface area contributed by atoms with Crippen molar-refractivity contribution in [3.05, 3.63) is 48.3 Å². The fourth-order valence-electron chi connectivity index (χ4n) is 2.73. The maximum absolute atomic E-state index is 12.1. The number of amides is 1. The minimum absolute atomic E-state index is 0. The molecule has 130 valence electrons. The lowest BCUT2D eigenvalue weighted by molar-refractivity contribution is 0.0951. The molecule has 2 heterocycles. The van der Waals surface area contributed by atoms with Gasteiger partial charge in [-0.25, -0.2) is 4.68 Å². The van der Waals surface area contributed by atoms with Crippen LogP contribution in [-0.2, 0) is 0 Å². The summed E-state index contributed by atoms with van der Waals surface area (Å²) in [6.07, 6.45) is 4.60. The van der Waals surface area contributed by atoms with Crippen molar-refractivity contribution in [1.82, 2.24) is 25.3 Å². The summed E-state index contributed by atoms with van der Waals surface area (Å²) in [5.41, 5.74) is 1.63. The van der Waals surface area contributed by atoms with Crippen LogP contribution >= 0.6 is 12.4 Å². The second kappa shape index (κ2) is 9.42. The second-order valence-corrected chi connectivity index (χ2v) is 5.70. The average Bonchev–Trinajstić information content (AvgIpc) is 3.14. The van der Waals surface area contributed by atoms with E-state index in [0.29, 0.717) is 12.1 Å². The van der Waals surface area contributed by atoms with E-state index in [2.05, 4.69) is 20.6 Å². The van der Waals surface area contributed by atoms with Crippen LogP contribution in [0.15, 0.2) is 42.7 Å². The van der Waals surface area contributed by atoms with Crippen LogP contribution in [0.4, 0.5) is 0 Å². The number of benzene rings is 1. The zero-order valence-electron chi connectivity index (χ0n) is 13.6. The van der Waals surface area contributed by atoms with Gasteiger partial charge in [0.15, 0.2) is 0 Å². The number of nitrogens with one attached hydrogen (secondary N) is 2. The maximum atomic E-state index is 12.1. The number of hydrogen-bond donors (Lipinski definition) is 2. The fraction of sp³-hybridized carbons (Fsp3) is 0.412. The number of hydrogen-bond acceptors (Lipinski definition) is 4. The molecule has 3 rings (SSSR count). The molecule has 0 saturated carbocycles. The number of carbonyl (C=O) groups is 1. The summed E-state index contributed by atoms with van der Waals surface area (Å²) in [5.74, 6) is -0.0164. The van der Waals surface area contributed by atoms with Crippen molar-refractivity contribution < 1.29 is 4.79 Å². The molecule has 24 heavy (non-hydrogen) atoms. The molecular weight excluding hydrogens is 326 g/mol. The van der Waals surface area contributed by atoms with Gasteiger partial charge in [0, 0.05) is 50.7 Å². The van der Waals surface area contributed by atoms with Crippen LogP contribution in [0.1, 0.15) is 16.8 Å². The summed E-state index contributed by atoms with van der Waals surface area (Å²) in [6.45, 7) is 6.08. The summed E-state index contributed by atoms with van der Waals surface area (Å²) in [6, 6.07) is 9.36. The molecule has 0 spiro atoms. The molecule has 1 fully saturated rings. The van der Waals surface area contributed by atoms with Gasteiger partial charge in [0.25, 0.3) is 5.91 Å². The Balaban J connectivity index is 0.00000208. The van der Waals surface area contributed by atoms with E-state index in [1.54, 1.807) is 10.9 Å². The predicted octanol–water partition coefficient (Wildman–Crippen LogP) is 1.32. The highest BCUT2D eigenvalue weighted by Gasteiger charge is 2.09. The van der Waals surface area contributed by atoms with Gasteiger partial charge in [-0.05, 0) is 43.3 Å². The Morgan fingerprint density at radius 1 is 1.21 bits per heavy atom. The molecule has 0 bridgehead atoms. The molecule has 1 amide bonds. The van der Waals surface area contributed by atoms with Crippen LogP contribution in [0.2, 0.25) is 0 Å². The van der Waals surface area contributed by atoms with Crippen LogP contribution in [0.5, 0.6) is 0 Å². The van der Waals surface area contributed by atoms with Crippen molar-refractivity contribution in [1.29, 1.82) is 0 Å². The highest BCUT2D eigenvalue weighted by atomic mass is 35.5. The van der Waals surface area contributed by atoms with Crippen molar-refractivity contribution in [2.24, 2.45) is 0 Å². The Morgan fingerprint density at radius 3 is 2.62 bits per heavy atom. The smallest absolute Gasteiger partial charge is 0.251 e. The molecule has 6 nitrogen and oxygen atoms in total. The number of halogens is 1. The van der Waals surface area contributed by atoms with Gasteiger partial charge in [0.05, 0.1) is 5.69 Å². The van der Waals surface area contributed by atoms with Gasteiger partial charge in [0.1, 0.15) is 0 Å². The van der Waals surface area contributed by atoms with E-state index in [4.69, 9.17) is 0 Å². The molecule has 1 aromatic carbocycles. The lowest BCUT2D eigenvalue weighted by Crippen LogP contribution is -2.44. The Kier molecular flexibility index (Phi) is 7.24. The SMILES string of the molecule is Cl.O=C(NCCCN1CCNCC1)c1ccc(-n2cccn2)cc1. The van der Waals surface area contributed by atoms with E-state index in [9.17, 15) is 4.79 Å². The first-order valence-corrected chi connectivity index (χ1v) is 8.14. The largest absolute Gasteiger partial charge is 0.352 e. The van der Waals surface area contributed by atoms with Crippen LogP contribution in [-0.4, -0.2) is 59.9 Å². The van der Waals surface area contributed by atoms with Crippen molar-refractivity contribution in [3.63, 3.8) is 0 Å². The molecule has 2 N–H and O–H groups in total. The molecule has 1 aromatic heterocycles. The summed E-state index contributed by atoms with van der Waals surface area (Å²) in [7, 11) is 0. The van der Waals surface area contributed by atoms with Gasteiger partial charge in [-0.15, -0.1) is 12.4 Å². The fourth-order valence-corrected chi connectivity index (χ4v) is 2.73. The second-order valence-electron chi connectivity index (χ2n) is 5.70. The molecule has 1 aliphatic rings. The van der Waals surface area contributed by atoms with Crippen molar-refractivity contribution >= 4 is 18.3 Å². The first-order chi connectivity index (χ1) is 11.3. The van der Waals surface area contributed by atoms with Crippen molar-refractivity contribution in [2.45, 2.75) is 6.42 Å². The molecule has 2 aromatic rings. The lowest BCUT2D eigenvalue weighted by atomic mass is 10.2. The van der Waals surface area contributed by atoms with E-state index in [0.717, 1.165) is 44.8 Å². The van der Waals surface area contributed by atoms with Gasteiger partial charge in [-0.1, -0.05) is 0 Å². The number of rotatable bonds is 6. The maximum Gasteiger partial charge on any atom is 0.251 e. The third-order valence-electron chi connectivity index (χ3n) is 4.04. The highest BCUT2D eigenvalue weighted by molar-refractivity contribution is 5.94. The van der Waals surface area contributed by atoms with Crippen LogP contribution < -0.4 is 10.6 Å². The Labute approximate surface area is 148 Å². The zero-order chi connectivity index (χ0) is 15.9. The van der Waals surface area contributed by atoms with Gasteiger partial charge in [-0.2, -0.15) is 5.10 Å². The summed E-state index contributed by atoms with van der Waals surface area (Å²) in [4.78, 5) is 14.6. The highest BCUT2D eigenvalue weighted by Crippen LogP contribution is 2.08. The van der Waals surface area contributed by atoms with E-state index in [1.807, 2.05) is 36.5 Å². The molecule has 0 aliphatic carbocycles. The zero-order valence-corrected chi connectivity index (χ0v) is 14.5. The third kappa shape index (κ3) is 5.06. The molecule has 0 unspecified atom stereocenters. The lowest BCUT2D eigenvalue weighted by Gasteiger charge is -2.27. The number of nitrogens with zero attached hydrogens (tertiary/aromatic N) is 3. The monoisotopic (exact) mass is 349 g/mol. The summed E-state index contributed by atoms with van der Waals surface area (Å²) in [5, 5.41) is 10.5. The Hall–Kier alpha value is -1.89. The van der Waals surface area contributed by atoms with Crippen molar-refractivity contribution in [2.75, 3.05) is 39.3 Å². The minimum atomic E-state index is -0.0164. The van der Waals surface area contributed by atoms with Gasteiger partial charge >= 0.3 is 0 Å². The van der Waals surface area contributed by atoms with E-state index >= 15 is 0 Å². The average molecular weight is 350 g/mol. The molecule has 1 aliphatic heterocycles. The topological polar surface area (TPSA) is 62.2 Å². The van der Waals surface area contributed by atoms with Gasteiger partial charge in [-0.3, -0.25) is 4.79 Å². The number of piperazine rings is 1.